The van der Waals surface area contributed by atoms with Crippen LogP contribution in [0.4, 0.5) is 5.69 Å². The Bertz CT molecular complexity index is 583. The van der Waals surface area contributed by atoms with Gasteiger partial charge in [0.25, 0.3) is 0 Å². The van der Waals surface area contributed by atoms with Crippen molar-refractivity contribution in [2.75, 3.05) is 5.32 Å². The maximum atomic E-state index is 12.3. The third-order valence-corrected chi connectivity index (χ3v) is 4.31. The summed E-state index contributed by atoms with van der Waals surface area (Å²) in [6.07, 6.45) is 2.38. The Kier molecular flexibility index (Phi) is 3.51. The molecule has 0 unspecified atom stereocenters. The molecule has 6 heteroatoms. The quantitative estimate of drug-likeness (QED) is 0.610. The Morgan fingerprint density at radius 3 is 2.30 bits per heavy atom. The van der Waals surface area contributed by atoms with Gasteiger partial charge in [0.2, 0.25) is 5.91 Å². The summed E-state index contributed by atoms with van der Waals surface area (Å²) in [6, 6.07) is 7.28. The predicted molar refractivity (Wildman–Crippen MR) is 77.6 cm³/mol. The lowest BCUT2D eigenvalue weighted by Gasteiger charge is -2.24. The van der Waals surface area contributed by atoms with Crippen LogP contribution in [-0.2, 0) is 14.3 Å². The molecule has 0 aromatic heterocycles. The van der Waals surface area contributed by atoms with E-state index in [1.807, 2.05) is 12.1 Å². The van der Waals surface area contributed by atoms with Gasteiger partial charge in [-0.25, -0.2) is 0 Å². The number of carbonyl (C=O) groups excluding carboxylic acids is 2. The van der Waals surface area contributed by atoms with Gasteiger partial charge in [0, 0.05) is 21.1 Å². The number of amides is 1. The smallest absolute Gasteiger partial charge is 0.231 e. The Labute approximate surface area is 129 Å². The third-order valence-electron chi connectivity index (χ3n) is 3.59. The largest absolute Gasteiger partial charge is 0.550 e. The molecule has 4 atom stereocenters. The van der Waals surface area contributed by atoms with Crippen LogP contribution < -0.4 is 10.4 Å². The Balaban J connectivity index is 1.78. The Hall–Kier alpha value is -1.41. The summed E-state index contributed by atoms with van der Waals surface area (Å²) < 4.78 is 6.50. The molecule has 5 nitrogen and oxygen atoms in total. The first kappa shape index (κ1) is 13.6. The van der Waals surface area contributed by atoms with E-state index in [1.54, 1.807) is 24.3 Å². The topological polar surface area (TPSA) is 78.5 Å². The SMILES string of the molecule is O=C([O-])[C@@H]1[C@@H](C(=O)Nc2ccc(I)cc2)[C@H]2C=C[C@@H]1O2. The fourth-order valence-electron chi connectivity index (χ4n) is 2.66. The molecule has 1 saturated heterocycles. The van der Waals surface area contributed by atoms with Gasteiger partial charge in [-0.3, -0.25) is 4.79 Å². The van der Waals surface area contributed by atoms with E-state index in [9.17, 15) is 14.7 Å². The first-order valence-corrected chi connectivity index (χ1v) is 7.25. The van der Waals surface area contributed by atoms with E-state index in [-0.39, 0.29) is 5.91 Å². The standard InChI is InChI=1S/C14H12INO4/c15-7-1-3-8(4-2-7)16-13(17)11-9-5-6-10(20-9)12(11)14(18)19/h1-6,9-12H,(H,16,17)(H,18,19)/p-1/t9-,10+,11+,12+/m1/s1. The molecule has 104 valence electrons. The fourth-order valence-corrected chi connectivity index (χ4v) is 3.02. The highest BCUT2D eigenvalue weighted by molar-refractivity contribution is 14.1. The van der Waals surface area contributed by atoms with Crippen molar-refractivity contribution in [3.8, 4) is 0 Å². The summed E-state index contributed by atoms with van der Waals surface area (Å²) in [4.78, 5) is 23.5. The van der Waals surface area contributed by atoms with E-state index in [1.165, 1.54) is 0 Å². The van der Waals surface area contributed by atoms with Crippen LogP contribution in [-0.4, -0.2) is 24.1 Å². The number of hydrogen-bond donors (Lipinski definition) is 1. The number of rotatable bonds is 3. The number of halogens is 1. The van der Waals surface area contributed by atoms with Crippen LogP contribution in [0.2, 0.25) is 0 Å². The normalized spacial score (nSPS) is 30.4. The van der Waals surface area contributed by atoms with Crippen molar-refractivity contribution in [3.05, 3.63) is 40.0 Å². The van der Waals surface area contributed by atoms with E-state index in [2.05, 4.69) is 27.9 Å². The highest BCUT2D eigenvalue weighted by atomic mass is 127. The first-order chi connectivity index (χ1) is 9.56. The van der Waals surface area contributed by atoms with Crippen LogP contribution >= 0.6 is 22.6 Å². The van der Waals surface area contributed by atoms with Crippen molar-refractivity contribution in [1.82, 2.24) is 0 Å². The monoisotopic (exact) mass is 384 g/mol. The van der Waals surface area contributed by atoms with Crippen LogP contribution in [0.3, 0.4) is 0 Å². The molecule has 0 aliphatic carbocycles. The van der Waals surface area contributed by atoms with Gasteiger partial charge in [-0.2, -0.15) is 0 Å². The van der Waals surface area contributed by atoms with Crippen molar-refractivity contribution < 1.29 is 19.4 Å². The summed E-state index contributed by atoms with van der Waals surface area (Å²) in [5.74, 6) is -3.26. The number of carbonyl (C=O) groups is 2. The van der Waals surface area contributed by atoms with E-state index in [4.69, 9.17) is 4.74 Å². The fraction of sp³-hybridized carbons (Fsp3) is 0.286. The zero-order valence-electron chi connectivity index (χ0n) is 10.3. The number of fused-ring (bicyclic) bond motifs is 2. The van der Waals surface area contributed by atoms with Gasteiger partial charge < -0.3 is 20.0 Å². The lowest BCUT2D eigenvalue weighted by Crippen LogP contribution is -2.45. The Morgan fingerprint density at radius 2 is 1.70 bits per heavy atom. The molecule has 2 aliphatic rings. The van der Waals surface area contributed by atoms with Crippen LogP contribution in [0, 0.1) is 15.4 Å². The molecule has 2 heterocycles. The summed E-state index contributed by atoms with van der Waals surface area (Å²) >= 11 is 2.17. The maximum Gasteiger partial charge on any atom is 0.231 e. The molecule has 1 fully saturated rings. The number of hydrogen-bond acceptors (Lipinski definition) is 4. The second kappa shape index (κ2) is 5.17. The van der Waals surface area contributed by atoms with E-state index >= 15 is 0 Å². The lowest BCUT2D eigenvalue weighted by molar-refractivity contribution is -0.313. The summed E-state index contributed by atoms with van der Waals surface area (Å²) in [5, 5.41) is 13.9. The minimum absolute atomic E-state index is 0.350. The van der Waals surface area contributed by atoms with Crippen LogP contribution in [0.25, 0.3) is 0 Å². The number of anilines is 1. The van der Waals surface area contributed by atoms with Gasteiger partial charge in [-0.1, -0.05) is 12.2 Å². The predicted octanol–water partition coefficient (Wildman–Crippen LogP) is 0.549. The Morgan fingerprint density at radius 1 is 1.10 bits per heavy atom. The zero-order valence-corrected chi connectivity index (χ0v) is 12.4. The molecule has 1 amide bonds. The molecule has 1 aromatic rings. The molecule has 3 rings (SSSR count). The maximum absolute atomic E-state index is 12.3. The van der Waals surface area contributed by atoms with Gasteiger partial charge in [-0.15, -0.1) is 0 Å². The molecule has 2 bridgehead atoms. The summed E-state index contributed by atoms with van der Waals surface area (Å²) in [6.45, 7) is 0. The molecule has 1 aromatic carbocycles. The van der Waals surface area contributed by atoms with Crippen molar-refractivity contribution >= 4 is 40.2 Å². The number of carboxylic acid groups (broad SMARTS) is 1. The number of carboxylic acids is 1. The van der Waals surface area contributed by atoms with Crippen molar-refractivity contribution in [3.63, 3.8) is 0 Å². The van der Waals surface area contributed by atoms with Crippen LogP contribution in [0.1, 0.15) is 0 Å². The van der Waals surface area contributed by atoms with Crippen molar-refractivity contribution in [2.45, 2.75) is 12.2 Å². The molecule has 20 heavy (non-hydrogen) atoms. The van der Waals surface area contributed by atoms with E-state index in [0.717, 1.165) is 3.57 Å². The van der Waals surface area contributed by atoms with Gasteiger partial charge in [0.15, 0.2) is 0 Å². The van der Waals surface area contributed by atoms with E-state index < -0.39 is 30.0 Å². The second-order valence-corrected chi connectivity index (χ2v) is 6.06. The molecule has 0 radical (unpaired) electrons. The van der Waals surface area contributed by atoms with Gasteiger partial charge >= 0.3 is 0 Å². The minimum atomic E-state index is -1.25. The number of benzene rings is 1. The molecule has 2 aliphatic heterocycles. The van der Waals surface area contributed by atoms with Gasteiger partial charge in [-0.05, 0) is 46.9 Å². The average Bonchev–Trinajstić information content (AvgIpc) is 3.01. The highest BCUT2D eigenvalue weighted by Crippen LogP contribution is 2.39. The van der Waals surface area contributed by atoms with Crippen molar-refractivity contribution in [2.24, 2.45) is 11.8 Å². The molecule has 1 N–H and O–H groups in total. The summed E-state index contributed by atoms with van der Waals surface area (Å²) in [5.41, 5.74) is 0.638. The highest BCUT2D eigenvalue weighted by Gasteiger charge is 2.50. The van der Waals surface area contributed by atoms with Gasteiger partial charge in [0.05, 0.1) is 18.1 Å². The van der Waals surface area contributed by atoms with Crippen LogP contribution in [0.5, 0.6) is 0 Å². The molecular weight excluding hydrogens is 373 g/mol. The van der Waals surface area contributed by atoms with Gasteiger partial charge in [0.1, 0.15) is 0 Å². The first-order valence-electron chi connectivity index (χ1n) is 6.17. The average molecular weight is 384 g/mol. The second-order valence-electron chi connectivity index (χ2n) is 4.82. The summed E-state index contributed by atoms with van der Waals surface area (Å²) in [7, 11) is 0. The molecule has 0 saturated carbocycles. The number of nitrogens with one attached hydrogen (secondary N) is 1. The zero-order chi connectivity index (χ0) is 14.3. The van der Waals surface area contributed by atoms with E-state index in [0.29, 0.717) is 5.69 Å². The number of ether oxygens (including phenoxy) is 1. The lowest BCUT2D eigenvalue weighted by atomic mass is 9.82. The number of aliphatic carboxylic acids is 1. The molecule has 0 spiro atoms. The van der Waals surface area contributed by atoms with Crippen molar-refractivity contribution in [1.29, 1.82) is 0 Å². The molecular formula is C14H11INO4-. The van der Waals surface area contributed by atoms with Crippen LogP contribution in [0.15, 0.2) is 36.4 Å². The minimum Gasteiger partial charge on any atom is -0.550 e. The third kappa shape index (κ3) is 2.33.